The third-order valence-electron chi connectivity index (χ3n) is 4.31. The molecular weight excluding hydrogens is 381 g/mol. The van der Waals surface area contributed by atoms with Crippen molar-refractivity contribution in [1.29, 1.82) is 0 Å². The Morgan fingerprint density at radius 3 is 2.77 bits per heavy atom. The summed E-state index contributed by atoms with van der Waals surface area (Å²) in [4.78, 5) is 17.1. The second kappa shape index (κ2) is 6.26. The fraction of sp³-hybridized carbons (Fsp3) is 0.176. The van der Waals surface area contributed by atoms with Gasteiger partial charge < -0.3 is 24.6 Å². The molecule has 26 heavy (non-hydrogen) atoms. The number of aromatic nitrogens is 2. The van der Waals surface area contributed by atoms with Gasteiger partial charge in [0, 0.05) is 30.8 Å². The second-order valence-electron chi connectivity index (χ2n) is 5.97. The predicted molar refractivity (Wildman–Crippen MR) is 94.5 cm³/mol. The molecule has 7 nitrogen and oxygen atoms in total. The van der Waals surface area contributed by atoms with Gasteiger partial charge in [-0.25, -0.2) is 0 Å². The number of carbonyl (C=O) groups excluding carboxylic acids is 1. The first-order chi connectivity index (χ1) is 12.4. The van der Waals surface area contributed by atoms with Crippen molar-refractivity contribution in [3.8, 4) is 22.8 Å². The number of carbonyl (C=O) groups is 1. The maximum absolute atomic E-state index is 12.6. The van der Waals surface area contributed by atoms with Crippen molar-refractivity contribution in [2.75, 3.05) is 6.54 Å². The van der Waals surface area contributed by atoms with Gasteiger partial charge in [0.15, 0.2) is 5.76 Å². The van der Waals surface area contributed by atoms with Crippen molar-refractivity contribution in [1.82, 2.24) is 15.0 Å². The molecule has 0 bridgehead atoms. The summed E-state index contributed by atoms with van der Waals surface area (Å²) in [7, 11) is 0. The number of halogens is 2. The third-order valence-corrected chi connectivity index (χ3v) is 4.83. The van der Waals surface area contributed by atoms with E-state index in [0.29, 0.717) is 40.6 Å². The first-order valence-electron chi connectivity index (χ1n) is 7.76. The van der Waals surface area contributed by atoms with E-state index in [2.05, 4.69) is 10.1 Å². The van der Waals surface area contributed by atoms with Gasteiger partial charge in [0.2, 0.25) is 0 Å². The van der Waals surface area contributed by atoms with Crippen molar-refractivity contribution in [2.45, 2.75) is 13.0 Å². The number of aromatic hydroxyl groups is 2. The fourth-order valence-electron chi connectivity index (χ4n) is 2.99. The van der Waals surface area contributed by atoms with Crippen LogP contribution < -0.4 is 0 Å². The SMILES string of the molecule is O=C(c1cc(Cl)c[nH]1)N1CCc2noc(-c3cc(Cl)c(O)cc3O)c2C1. The lowest BCUT2D eigenvalue weighted by atomic mass is 10.0. The lowest BCUT2D eigenvalue weighted by molar-refractivity contribution is 0.0729. The van der Waals surface area contributed by atoms with E-state index in [1.807, 2.05) is 0 Å². The number of benzene rings is 1. The van der Waals surface area contributed by atoms with Crippen LogP contribution in [0.2, 0.25) is 10.0 Å². The zero-order chi connectivity index (χ0) is 18.4. The van der Waals surface area contributed by atoms with E-state index in [0.717, 1.165) is 11.8 Å². The Morgan fingerprint density at radius 1 is 1.23 bits per heavy atom. The second-order valence-corrected chi connectivity index (χ2v) is 6.81. The van der Waals surface area contributed by atoms with Crippen molar-refractivity contribution >= 4 is 29.1 Å². The minimum atomic E-state index is -0.235. The summed E-state index contributed by atoms with van der Waals surface area (Å²) >= 11 is 11.8. The summed E-state index contributed by atoms with van der Waals surface area (Å²) in [6, 6.07) is 4.11. The number of nitrogens with zero attached hydrogens (tertiary/aromatic N) is 2. The molecule has 0 unspecified atom stereocenters. The normalized spacial score (nSPS) is 13.7. The number of H-pyrrole nitrogens is 1. The topological polar surface area (TPSA) is 103 Å². The first kappa shape index (κ1) is 16.8. The van der Waals surface area contributed by atoms with Crippen LogP contribution in [-0.2, 0) is 13.0 Å². The highest BCUT2D eigenvalue weighted by molar-refractivity contribution is 6.32. The van der Waals surface area contributed by atoms with Gasteiger partial charge in [0.1, 0.15) is 17.2 Å². The van der Waals surface area contributed by atoms with E-state index in [1.165, 1.54) is 6.07 Å². The smallest absolute Gasteiger partial charge is 0.270 e. The highest BCUT2D eigenvalue weighted by atomic mass is 35.5. The average molecular weight is 394 g/mol. The zero-order valence-corrected chi connectivity index (χ0v) is 14.8. The van der Waals surface area contributed by atoms with Crippen molar-refractivity contribution in [3.05, 3.63) is 51.4 Å². The molecule has 0 spiro atoms. The van der Waals surface area contributed by atoms with Gasteiger partial charge in [-0.15, -0.1) is 0 Å². The van der Waals surface area contributed by atoms with E-state index in [9.17, 15) is 15.0 Å². The Hall–Kier alpha value is -2.64. The molecule has 0 saturated carbocycles. The molecule has 0 radical (unpaired) electrons. The molecule has 0 fully saturated rings. The van der Waals surface area contributed by atoms with Crippen molar-refractivity contribution in [2.24, 2.45) is 0 Å². The van der Waals surface area contributed by atoms with E-state index in [1.54, 1.807) is 17.2 Å². The van der Waals surface area contributed by atoms with Gasteiger partial charge in [-0.3, -0.25) is 4.79 Å². The number of fused-ring (bicyclic) bond motifs is 1. The summed E-state index contributed by atoms with van der Waals surface area (Å²) in [6.07, 6.45) is 2.07. The fourth-order valence-corrected chi connectivity index (χ4v) is 3.32. The molecular formula is C17H13Cl2N3O4. The molecule has 1 aliphatic rings. The Labute approximate surface area is 157 Å². The number of aromatic amines is 1. The number of phenolic OH excluding ortho intramolecular Hbond substituents is 2. The molecule has 2 aromatic heterocycles. The monoisotopic (exact) mass is 393 g/mol. The van der Waals surface area contributed by atoms with Gasteiger partial charge >= 0.3 is 0 Å². The van der Waals surface area contributed by atoms with E-state index in [4.69, 9.17) is 27.7 Å². The summed E-state index contributed by atoms with van der Waals surface area (Å²) in [6.45, 7) is 0.748. The molecule has 0 aliphatic carbocycles. The Balaban J connectivity index is 1.69. The van der Waals surface area contributed by atoms with Gasteiger partial charge in [-0.1, -0.05) is 28.4 Å². The molecule has 3 N–H and O–H groups in total. The quantitative estimate of drug-likeness (QED) is 0.617. The van der Waals surface area contributed by atoms with Crippen molar-refractivity contribution in [3.63, 3.8) is 0 Å². The van der Waals surface area contributed by atoms with Crippen LogP contribution in [0.3, 0.4) is 0 Å². The van der Waals surface area contributed by atoms with Crippen LogP contribution in [0.15, 0.2) is 28.9 Å². The van der Waals surface area contributed by atoms with Crippen LogP contribution >= 0.6 is 23.2 Å². The van der Waals surface area contributed by atoms with Crippen LogP contribution in [0.1, 0.15) is 21.7 Å². The molecule has 4 rings (SSSR count). The molecule has 1 amide bonds. The predicted octanol–water partition coefficient (Wildman–Crippen LogP) is 3.59. The molecule has 0 atom stereocenters. The first-order valence-corrected chi connectivity index (χ1v) is 8.52. The van der Waals surface area contributed by atoms with Crippen molar-refractivity contribution < 1.29 is 19.5 Å². The molecule has 3 aromatic rings. The van der Waals surface area contributed by atoms with E-state index < -0.39 is 0 Å². The Morgan fingerprint density at radius 2 is 2.04 bits per heavy atom. The largest absolute Gasteiger partial charge is 0.507 e. The maximum atomic E-state index is 12.6. The summed E-state index contributed by atoms with van der Waals surface area (Å²) in [5.41, 5.74) is 2.11. The number of hydrogen-bond donors (Lipinski definition) is 3. The van der Waals surface area contributed by atoms with Crippen LogP contribution in [-0.4, -0.2) is 37.7 Å². The number of nitrogens with one attached hydrogen (secondary N) is 1. The van der Waals surface area contributed by atoms with Gasteiger partial charge in [0.05, 0.1) is 27.8 Å². The zero-order valence-electron chi connectivity index (χ0n) is 13.3. The average Bonchev–Trinajstić information content (AvgIpc) is 3.23. The number of amides is 1. The molecule has 3 heterocycles. The van der Waals surface area contributed by atoms with Crippen LogP contribution in [0, 0.1) is 0 Å². The molecule has 0 saturated heterocycles. The minimum absolute atomic E-state index is 0.0766. The lowest BCUT2D eigenvalue weighted by Gasteiger charge is -2.26. The summed E-state index contributed by atoms with van der Waals surface area (Å²) in [5, 5.41) is 24.3. The molecule has 1 aromatic carbocycles. The molecule has 134 valence electrons. The number of phenols is 2. The summed E-state index contributed by atoms with van der Waals surface area (Å²) < 4.78 is 5.40. The van der Waals surface area contributed by atoms with Crippen LogP contribution in [0.4, 0.5) is 0 Å². The highest BCUT2D eigenvalue weighted by Gasteiger charge is 2.29. The maximum Gasteiger partial charge on any atom is 0.270 e. The van der Waals surface area contributed by atoms with Gasteiger partial charge in [-0.2, -0.15) is 0 Å². The van der Waals surface area contributed by atoms with Gasteiger partial charge in [-0.05, 0) is 12.1 Å². The van der Waals surface area contributed by atoms with Crippen LogP contribution in [0.5, 0.6) is 11.5 Å². The number of rotatable bonds is 2. The lowest BCUT2D eigenvalue weighted by Crippen LogP contribution is -2.36. The van der Waals surface area contributed by atoms with Gasteiger partial charge in [0.25, 0.3) is 5.91 Å². The standard InChI is InChI=1S/C17H13Cl2N3O4/c18-8-3-13(20-6-8)17(25)22-2-1-12-10(7-22)16(26-21-12)9-4-11(19)15(24)5-14(9)23/h3-6,20,23-24H,1-2,7H2. The Kier molecular flexibility index (Phi) is 4.05. The summed E-state index contributed by atoms with van der Waals surface area (Å²) in [5.74, 6) is -0.295. The van der Waals surface area contributed by atoms with E-state index >= 15 is 0 Å². The van der Waals surface area contributed by atoms with Crippen LogP contribution in [0.25, 0.3) is 11.3 Å². The third kappa shape index (κ3) is 2.79. The Bertz CT molecular complexity index is 1010. The molecule has 9 heteroatoms. The number of hydrogen-bond acceptors (Lipinski definition) is 5. The minimum Gasteiger partial charge on any atom is -0.507 e. The molecule has 1 aliphatic heterocycles. The highest BCUT2D eigenvalue weighted by Crippen LogP contribution is 2.40. The van der Waals surface area contributed by atoms with E-state index in [-0.39, 0.29) is 29.0 Å².